The van der Waals surface area contributed by atoms with Crippen molar-refractivity contribution < 1.29 is 14.3 Å². The average molecular weight is 451 g/mol. The molecule has 0 saturated heterocycles. The summed E-state index contributed by atoms with van der Waals surface area (Å²) in [4.78, 5) is 30.4. The van der Waals surface area contributed by atoms with E-state index in [0.29, 0.717) is 42.1 Å². The molecule has 0 saturated carbocycles. The Kier molecular flexibility index (Phi) is 4.70. The Bertz CT molecular complexity index is 1050. The number of carbonyl (C=O) groups is 1. The quantitative estimate of drug-likeness (QED) is 0.653. The van der Waals surface area contributed by atoms with Gasteiger partial charge in [-0.15, -0.1) is 5.10 Å². The second-order valence-corrected chi connectivity index (χ2v) is 9.05. The van der Waals surface area contributed by atoms with Gasteiger partial charge in [0.2, 0.25) is 5.78 Å². The molecule has 2 aliphatic rings. The lowest BCUT2D eigenvalue weighted by molar-refractivity contribution is -0.158. The number of ether oxygens (including phenoxy) is 2. The van der Waals surface area contributed by atoms with Crippen molar-refractivity contribution in [2.45, 2.75) is 58.1 Å². The van der Waals surface area contributed by atoms with Gasteiger partial charge in [0.05, 0.1) is 13.2 Å². The summed E-state index contributed by atoms with van der Waals surface area (Å²) in [5.41, 5.74) is 0.832. The van der Waals surface area contributed by atoms with Crippen LogP contribution in [0.15, 0.2) is 15.3 Å². The van der Waals surface area contributed by atoms with Gasteiger partial charge in [-0.2, -0.15) is 9.50 Å². The lowest BCUT2D eigenvalue weighted by Crippen LogP contribution is -2.31. The molecule has 2 atom stereocenters. The highest BCUT2D eigenvalue weighted by Gasteiger charge is 2.39. The molecular formula is C19H23BrN4O4. The lowest BCUT2D eigenvalue weighted by atomic mass is 10.0. The van der Waals surface area contributed by atoms with Crippen molar-refractivity contribution >= 4 is 33.3 Å². The monoisotopic (exact) mass is 450 g/mol. The first-order valence-corrected chi connectivity index (χ1v) is 10.2. The first-order valence-electron chi connectivity index (χ1n) is 9.38. The molecule has 4 heterocycles. The second kappa shape index (κ2) is 6.81. The third-order valence-corrected chi connectivity index (χ3v) is 5.70. The minimum absolute atomic E-state index is 0.00652. The second-order valence-electron chi connectivity index (χ2n) is 8.26. The molecule has 2 aliphatic heterocycles. The predicted octanol–water partition coefficient (Wildman–Crippen LogP) is 2.85. The van der Waals surface area contributed by atoms with E-state index in [-0.39, 0.29) is 17.4 Å². The first kappa shape index (κ1) is 19.3. The molecule has 0 N–H and O–H groups in total. The van der Waals surface area contributed by atoms with E-state index >= 15 is 0 Å². The molecular weight excluding hydrogens is 428 g/mol. The van der Waals surface area contributed by atoms with Crippen LogP contribution in [0.3, 0.4) is 0 Å². The summed E-state index contributed by atoms with van der Waals surface area (Å²) in [6.45, 7) is 8.62. The van der Waals surface area contributed by atoms with Crippen molar-refractivity contribution in [3.63, 3.8) is 0 Å². The fourth-order valence-corrected chi connectivity index (χ4v) is 4.51. The van der Waals surface area contributed by atoms with Crippen molar-refractivity contribution in [1.29, 1.82) is 0 Å². The van der Waals surface area contributed by atoms with Gasteiger partial charge in [-0.25, -0.2) is 4.79 Å². The van der Waals surface area contributed by atoms with Crippen LogP contribution in [0.25, 0.3) is 11.4 Å². The largest absolute Gasteiger partial charge is 0.458 e. The van der Waals surface area contributed by atoms with Crippen LogP contribution in [-0.4, -0.2) is 43.9 Å². The Hall–Kier alpha value is -2.00. The molecule has 8 nitrogen and oxygen atoms in total. The normalized spacial score (nSPS) is 22.2. The fourth-order valence-electron chi connectivity index (χ4n) is 3.76. The van der Waals surface area contributed by atoms with Crippen LogP contribution in [0.5, 0.6) is 0 Å². The van der Waals surface area contributed by atoms with E-state index in [1.165, 1.54) is 4.52 Å². The van der Waals surface area contributed by atoms with Crippen LogP contribution in [-0.2, 0) is 14.3 Å². The molecule has 0 amide bonds. The number of carbonyl (C=O) groups excluding carboxylic acids is 1. The Morgan fingerprint density at radius 3 is 2.79 bits per heavy atom. The maximum Gasteiger partial charge on any atom is 0.329 e. The van der Waals surface area contributed by atoms with Crippen molar-refractivity contribution in [3.8, 4) is 0 Å². The van der Waals surface area contributed by atoms with Gasteiger partial charge in [0.1, 0.15) is 16.1 Å². The zero-order valence-corrected chi connectivity index (χ0v) is 17.9. The van der Waals surface area contributed by atoms with Crippen molar-refractivity contribution in [2.24, 2.45) is 0 Å². The molecule has 0 aliphatic carbocycles. The van der Waals surface area contributed by atoms with Gasteiger partial charge in [0.15, 0.2) is 5.82 Å². The summed E-state index contributed by atoms with van der Waals surface area (Å²) in [6.07, 6.45) is 3.16. The Morgan fingerprint density at radius 2 is 2.14 bits per heavy atom. The maximum atomic E-state index is 12.9. The van der Waals surface area contributed by atoms with E-state index in [1.54, 1.807) is 4.57 Å². The van der Waals surface area contributed by atoms with E-state index in [9.17, 15) is 9.59 Å². The number of hydrogen-bond acceptors (Lipinski definition) is 6. The number of nitrogens with zero attached hydrogens (tertiary/aromatic N) is 4. The maximum absolute atomic E-state index is 12.9. The zero-order valence-electron chi connectivity index (χ0n) is 16.4. The van der Waals surface area contributed by atoms with E-state index in [4.69, 9.17) is 9.47 Å². The minimum Gasteiger partial charge on any atom is -0.458 e. The summed E-state index contributed by atoms with van der Waals surface area (Å²) < 4.78 is 14.5. The van der Waals surface area contributed by atoms with Crippen LogP contribution in [0.2, 0.25) is 0 Å². The first-order chi connectivity index (χ1) is 13.2. The number of rotatable bonds is 2. The summed E-state index contributed by atoms with van der Waals surface area (Å²) in [5.74, 6) is 0.541. The van der Waals surface area contributed by atoms with Gasteiger partial charge in [0.25, 0.3) is 5.56 Å². The number of halogens is 1. The lowest BCUT2D eigenvalue weighted by Gasteiger charge is -2.23. The van der Waals surface area contributed by atoms with E-state index < -0.39 is 11.6 Å². The highest BCUT2D eigenvalue weighted by Crippen LogP contribution is 2.40. The molecule has 0 spiro atoms. The Balaban J connectivity index is 1.90. The molecule has 0 bridgehead atoms. The molecule has 0 aromatic carbocycles. The number of hydrogen-bond donors (Lipinski definition) is 0. The summed E-state index contributed by atoms with van der Waals surface area (Å²) in [6, 6.07) is -0.552. The summed E-state index contributed by atoms with van der Waals surface area (Å²) >= 11 is 3.43. The molecule has 28 heavy (non-hydrogen) atoms. The SMILES string of the molecule is CC1CC(C(=O)OC(C)(C)C)n2c1c(Br)c(=O)n1nc(C3=CCOCC3)nc21. The van der Waals surface area contributed by atoms with Gasteiger partial charge in [-0.3, -0.25) is 9.36 Å². The fraction of sp³-hybridized carbons (Fsp3) is 0.579. The van der Waals surface area contributed by atoms with Gasteiger partial charge in [0, 0.05) is 11.6 Å². The van der Waals surface area contributed by atoms with E-state index in [1.807, 2.05) is 33.8 Å². The number of esters is 1. The molecule has 0 radical (unpaired) electrons. The molecule has 9 heteroatoms. The van der Waals surface area contributed by atoms with Crippen molar-refractivity contribution in [1.82, 2.24) is 19.2 Å². The molecule has 2 aromatic heterocycles. The van der Waals surface area contributed by atoms with E-state index in [2.05, 4.69) is 26.0 Å². The van der Waals surface area contributed by atoms with Gasteiger partial charge in [-0.1, -0.05) is 13.0 Å². The highest BCUT2D eigenvalue weighted by atomic mass is 79.9. The summed E-state index contributed by atoms with van der Waals surface area (Å²) in [7, 11) is 0. The van der Waals surface area contributed by atoms with Gasteiger partial charge >= 0.3 is 5.97 Å². The van der Waals surface area contributed by atoms with Crippen LogP contribution < -0.4 is 5.56 Å². The molecule has 2 aromatic rings. The summed E-state index contributed by atoms with van der Waals surface area (Å²) in [5, 5.41) is 4.43. The Labute approximate surface area is 170 Å². The predicted molar refractivity (Wildman–Crippen MR) is 106 cm³/mol. The molecule has 4 rings (SSSR count). The van der Waals surface area contributed by atoms with Crippen LogP contribution in [0, 0.1) is 0 Å². The van der Waals surface area contributed by atoms with E-state index in [0.717, 1.165) is 11.3 Å². The average Bonchev–Trinajstić information content (AvgIpc) is 3.21. The zero-order chi connectivity index (χ0) is 20.2. The standard InChI is InChI=1S/C19H23BrN4O4/c1-10-9-12(17(26)28-19(2,3)4)23-14(10)13(20)16(25)24-18(23)21-15(22-24)11-5-7-27-8-6-11/h5,10,12H,6-9H2,1-4H3. The van der Waals surface area contributed by atoms with Gasteiger partial charge in [-0.05, 0) is 55.1 Å². The topological polar surface area (TPSA) is 87.7 Å². The van der Waals surface area contributed by atoms with Crippen molar-refractivity contribution in [3.05, 3.63) is 32.4 Å². The molecule has 2 unspecified atom stereocenters. The van der Waals surface area contributed by atoms with Gasteiger partial charge < -0.3 is 9.47 Å². The van der Waals surface area contributed by atoms with Crippen LogP contribution >= 0.6 is 15.9 Å². The van der Waals surface area contributed by atoms with Crippen LogP contribution in [0.4, 0.5) is 0 Å². The third-order valence-electron chi connectivity index (χ3n) is 4.95. The molecule has 150 valence electrons. The smallest absolute Gasteiger partial charge is 0.329 e. The Morgan fingerprint density at radius 1 is 1.39 bits per heavy atom. The molecule has 0 fully saturated rings. The van der Waals surface area contributed by atoms with Crippen molar-refractivity contribution in [2.75, 3.05) is 13.2 Å². The minimum atomic E-state index is -0.596. The third kappa shape index (κ3) is 3.20. The van der Waals surface area contributed by atoms with Crippen LogP contribution in [0.1, 0.15) is 64.0 Å². The number of fused-ring (bicyclic) bond motifs is 3. The number of aromatic nitrogens is 4. The highest BCUT2D eigenvalue weighted by molar-refractivity contribution is 9.10.